The van der Waals surface area contributed by atoms with Gasteiger partial charge in [-0.25, -0.2) is 0 Å². The molecule has 7 nitrogen and oxygen atoms in total. The smallest absolute Gasteiger partial charge is 0.422 e. The van der Waals surface area contributed by atoms with Crippen molar-refractivity contribution >= 4 is 29.9 Å². The van der Waals surface area contributed by atoms with Crippen LogP contribution in [0, 0.1) is 13.8 Å². The Morgan fingerprint density at radius 3 is 2.48 bits per heavy atom. The molecule has 0 aliphatic rings. The van der Waals surface area contributed by atoms with E-state index in [0.29, 0.717) is 19.0 Å². The predicted molar refractivity (Wildman–Crippen MR) is 124 cm³/mol. The number of guanidine groups is 1. The summed E-state index contributed by atoms with van der Waals surface area (Å²) in [5, 5.41) is 10.8. The lowest BCUT2D eigenvalue weighted by Gasteiger charge is -2.15. The Morgan fingerprint density at radius 1 is 1.16 bits per heavy atom. The predicted octanol–water partition coefficient (Wildman–Crippen LogP) is 3.82. The first kappa shape index (κ1) is 26.9. The van der Waals surface area contributed by atoms with E-state index in [1.165, 1.54) is 13.2 Å². The van der Waals surface area contributed by atoms with Crippen molar-refractivity contribution in [1.29, 1.82) is 0 Å². The molecule has 2 aromatic rings. The van der Waals surface area contributed by atoms with Crippen LogP contribution in [-0.2, 0) is 13.1 Å². The number of alkyl halides is 3. The van der Waals surface area contributed by atoms with Gasteiger partial charge in [-0.2, -0.15) is 18.3 Å². The molecule has 0 spiro atoms. The maximum Gasteiger partial charge on any atom is 0.422 e. The summed E-state index contributed by atoms with van der Waals surface area (Å²) in [6.45, 7) is 4.58. The summed E-state index contributed by atoms with van der Waals surface area (Å²) in [5.74, 6) is 0.913. The zero-order valence-corrected chi connectivity index (χ0v) is 20.4. The van der Waals surface area contributed by atoms with Gasteiger partial charge < -0.3 is 20.1 Å². The Balaban J connectivity index is 0.00000480. The Labute approximate surface area is 197 Å². The molecular weight excluding hydrogens is 526 g/mol. The number of rotatable bonds is 9. The Bertz CT molecular complexity index is 856. The molecule has 0 amide bonds. The number of hydrogen-bond donors (Lipinski definition) is 2. The fraction of sp³-hybridized carbons (Fsp3) is 0.500. The van der Waals surface area contributed by atoms with Crippen molar-refractivity contribution in [2.75, 3.05) is 27.3 Å². The summed E-state index contributed by atoms with van der Waals surface area (Å²) >= 11 is 0. The van der Waals surface area contributed by atoms with Gasteiger partial charge >= 0.3 is 6.18 Å². The molecule has 0 saturated heterocycles. The van der Waals surface area contributed by atoms with E-state index < -0.39 is 12.8 Å². The molecule has 0 fully saturated rings. The molecule has 1 aromatic carbocycles. The fourth-order valence-electron chi connectivity index (χ4n) is 2.84. The molecule has 1 heterocycles. The second-order valence-corrected chi connectivity index (χ2v) is 6.75. The monoisotopic (exact) mass is 555 g/mol. The maximum atomic E-state index is 12.3. The summed E-state index contributed by atoms with van der Waals surface area (Å²) < 4.78 is 49.0. The molecule has 31 heavy (non-hydrogen) atoms. The molecule has 174 valence electrons. The van der Waals surface area contributed by atoms with Gasteiger partial charge in [0, 0.05) is 32.4 Å². The first-order chi connectivity index (χ1) is 14.2. The minimum atomic E-state index is -4.40. The highest BCUT2D eigenvalue weighted by molar-refractivity contribution is 14.0. The van der Waals surface area contributed by atoms with E-state index in [0.717, 1.165) is 29.9 Å². The van der Waals surface area contributed by atoms with Gasteiger partial charge in [-0.1, -0.05) is 6.07 Å². The van der Waals surface area contributed by atoms with Gasteiger partial charge in [-0.3, -0.25) is 9.67 Å². The van der Waals surface area contributed by atoms with Crippen LogP contribution in [-0.4, -0.2) is 49.2 Å². The van der Waals surface area contributed by atoms with Crippen LogP contribution in [0.1, 0.15) is 23.4 Å². The minimum absolute atomic E-state index is 0. The lowest BCUT2D eigenvalue weighted by Crippen LogP contribution is -2.37. The summed E-state index contributed by atoms with van der Waals surface area (Å²) in [6, 6.07) is 6.82. The number of nitrogens with zero attached hydrogens (tertiary/aromatic N) is 3. The molecule has 0 aliphatic heterocycles. The average molecular weight is 555 g/mol. The number of hydrogen-bond acceptors (Lipinski definition) is 4. The van der Waals surface area contributed by atoms with Crippen LogP contribution in [0.2, 0.25) is 0 Å². The normalized spacial score (nSPS) is 11.6. The molecule has 0 atom stereocenters. The molecule has 0 bridgehead atoms. The lowest BCUT2D eigenvalue weighted by atomic mass is 10.2. The second-order valence-electron chi connectivity index (χ2n) is 6.75. The van der Waals surface area contributed by atoms with Crippen LogP contribution < -0.4 is 20.1 Å². The van der Waals surface area contributed by atoms with Crippen molar-refractivity contribution in [2.45, 2.75) is 39.5 Å². The van der Waals surface area contributed by atoms with Crippen LogP contribution in [0.15, 0.2) is 29.3 Å². The summed E-state index contributed by atoms with van der Waals surface area (Å²) in [7, 11) is 3.06. The van der Waals surface area contributed by atoms with Crippen LogP contribution >= 0.6 is 24.0 Å². The molecule has 1 aromatic heterocycles. The Kier molecular flexibility index (Phi) is 10.9. The SMILES string of the molecule is CN=C(NCCCn1nc(C)cc1C)NCc1ccc(OCC(F)(F)F)c(OC)c1.I. The van der Waals surface area contributed by atoms with Crippen LogP contribution in [0.5, 0.6) is 11.5 Å². The van der Waals surface area contributed by atoms with Gasteiger partial charge in [0.1, 0.15) is 0 Å². The number of methoxy groups -OCH3 is 1. The van der Waals surface area contributed by atoms with Gasteiger partial charge in [-0.05, 0) is 44.0 Å². The van der Waals surface area contributed by atoms with Gasteiger partial charge in [0.15, 0.2) is 24.1 Å². The van der Waals surface area contributed by atoms with Crippen molar-refractivity contribution in [2.24, 2.45) is 4.99 Å². The van der Waals surface area contributed by atoms with Crippen LogP contribution in [0.3, 0.4) is 0 Å². The molecule has 2 N–H and O–H groups in total. The standard InChI is InChI=1S/C20H28F3N5O2.HI/c1-14-10-15(2)28(27-14)9-5-8-25-19(24-3)26-12-16-6-7-17(18(11-16)29-4)30-13-20(21,22)23;/h6-7,10-11H,5,8-9,12-13H2,1-4H3,(H2,24,25,26);1H. The van der Waals surface area contributed by atoms with Gasteiger partial charge in [0.05, 0.1) is 12.8 Å². The van der Waals surface area contributed by atoms with Crippen molar-refractivity contribution < 1.29 is 22.6 Å². The van der Waals surface area contributed by atoms with Crippen LogP contribution in [0.4, 0.5) is 13.2 Å². The number of nitrogens with one attached hydrogen (secondary N) is 2. The highest BCUT2D eigenvalue weighted by atomic mass is 127. The Hall–Kier alpha value is -2.18. The van der Waals surface area contributed by atoms with Crippen molar-refractivity contribution in [3.05, 3.63) is 41.2 Å². The van der Waals surface area contributed by atoms with E-state index >= 15 is 0 Å². The molecule has 0 radical (unpaired) electrons. The van der Waals surface area contributed by atoms with Crippen molar-refractivity contribution in [3.8, 4) is 11.5 Å². The first-order valence-electron chi connectivity index (χ1n) is 9.54. The molecule has 11 heteroatoms. The van der Waals surface area contributed by atoms with E-state index in [1.54, 1.807) is 19.2 Å². The third-order valence-corrected chi connectivity index (χ3v) is 4.25. The number of benzene rings is 1. The zero-order chi connectivity index (χ0) is 22.1. The Morgan fingerprint density at radius 2 is 1.90 bits per heavy atom. The number of aryl methyl sites for hydroxylation is 3. The summed E-state index contributed by atoms with van der Waals surface area (Å²) in [6.07, 6.45) is -3.53. The number of aromatic nitrogens is 2. The van der Waals surface area contributed by atoms with Gasteiger partial charge in [0.2, 0.25) is 0 Å². The van der Waals surface area contributed by atoms with E-state index in [-0.39, 0.29) is 35.5 Å². The van der Waals surface area contributed by atoms with Crippen molar-refractivity contribution in [1.82, 2.24) is 20.4 Å². The fourth-order valence-corrected chi connectivity index (χ4v) is 2.84. The average Bonchev–Trinajstić information content (AvgIpc) is 3.02. The largest absolute Gasteiger partial charge is 0.493 e. The third-order valence-electron chi connectivity index (χ3n) is 4.25. The topological polar surface area (TPSA) is 72.7 Å². The van der Waals surface area contributed by atoms with E-state index in [1.807, 2.05) is 24.6 Å². The maximum absolute atomic E-state index is 12.3. The lowest BCUT2D eigenvalue weighted by molar-refractivity contribution is -0.153. The molecule has 2 rings (SSSR count). The quantitative estimate of drug-likeness (QED) is 0.213. The third kappa shape index (κ3) is 9.23. The highest BCUT2D eigenvalue weighted by Gasteiger charge is 2.29. The van der Waals surface area contributed by atoms with E-state index in [9.17, 15) is 13.2 Å². The van der Waals surface area contributed by atoms with E-state index in [4.69, 9.17) is 9.47 Å². The van der Waals surface area contributed by atoms with Gasteiger partial charge in [-0.15, -0.1) is 24.0 Å². The molecule has 0 unspecified atom stereocenters. The van der Waals surface area contributed by atoms with Crippen LogP contribution in [0.25, 0.3) is 0 Å². The number of halogens is 4. The van der Waals surface area contributed by atoms with E-state index in [2.05, 4.69) is 20.7 Å². The zero-order valence-electron chi connectivity index (χ0n) is 18.0. The molecule has 0 saturated carbocycles. The van der Waals surface area contributed by atoms with Gasteiger partial charge in [0.25, 0.3) is 0 Å². The molecular formula is C20H29F3IN5O2. The first-order valence-corrected chi connectivity index (χ1v) is 9.54. The summed E-state index contributed by atoms with van der Waals surface area (Å²) in [4.78, 5) is 4.18. The molecule has 0 aliphatic carbocycles. The van der Waals surface area contributed by atoms with Crippen molar-refractivity contribution in [3.63, 3.8) is 0 Å². The highest BCUT2D eigenvalue weighted by Crippen LogP contribution is 2.29. The summed E-state index contributed by atoms with van der Waals surface area (Å²) in [5.41, 5.74) is 2.95. The minimum Gasteiger partial charge on any atom is -0.493 e. The second kappa shape index (κ2) is 12.6. The number of ether oxygens (including phenoxy) is 2. The number of aliphatic imine (C=N–C) groups is 1.